The third-order valence-electron chi connectivity index (χ3n) is 2.31. The van der Waals surface area contributed by atoms with Gasteiger partial charge >= 0.3 is 0 Å². The second-order valence-electron chi connectivity index (χ2n) is 3.40. The van der Waals surface area contributed by atoms with Crippen LogP contribution in [-0.2, 0) is 6.54 Å². The van der Waals surface area contributed by atoms with Crippen molar-refractivity contribution in [2.45, 2.75) is 13.5 Å². The van der Waals surface area contributed by atoms with Crippen molar-refractivity contribution in [3.8, 4) is 6.07 Å². The van der Waals surface area contributed by atoms with E-state index in [1.54, 1.807) is 23.1 Å². The molecule has 2 aromatic heterocycles. The molecule has 0 amide bonds. The highest BCUT2D eigenvalue weighted by atomic mass is 35.5. The van der Waals surface area contributed by atoms with E-state index in [0.717, 1.165) is 11.3 Å². The Hall–Kier alpha value is -1.86. The van der Waals surface area contributed by atoms with Gasteiger partial charge in [0.15, 0.2) is 0 Å². The van der Waals surface area contributed by atoms with E-state index in [-0.39, 0.29) is 0 Å². The Morgan fingerprint density at radius 3 is 3.00 bits per heavy atom. The van der Waals surface area contributed by atoms with Crippen LogP contribution in [0.4, 0.5) is 0 Å². The number of nitriles is 1. The van der Waals surface area contributed by atoms with Gasteiger partial charge in [0, 0.05) is 6.20 Å². The summed E-state index contributed by atoms with van der Waals surface area (Å²) in [5, 5.41) is 13.5. The summed E-state index contributed by atoms with van der Waals surface area (Å²) in [4.78, 5) is 3.91. The maximum Gasteiger partial charge on any atom is 0.140 e. The van der Waals surface area contributed by atoms with Gasteiger partial charge in [-0.1, -0.05) is 11.6 Å². The van der Waals surface area contributed by atoms with Crippen LogP contribution in [0.1, 0.15) is 17.0 Å². The highest BCUT2D eigenvalue weighted by Gasteiger charge is 2.04. The lowest BCUT2D eigenvalue weighted by molar-refractivity contribution is 0.664. The molecule has 5 heteroatoms. The topological polar surface area (TPSA) is 54.5 Å². The predicted molar refractivity (Wildman–Crippen MR) is 60.0 cm³/mol. The summed E-state index contributed by atoms with van der Waals surface area (Å²) in [6.07, 6.45) is 3.23. The van der Waals surface area contributed by atoms with Gasteiger partial charge in [0.25, 0.3) is 0 Å². The smallest absolute Gasteiger partial charge is 0.140 e. The lowest BCUT2D eigenvalue weighted by atomic mass is 10.2. The summed E-state index contributed by atoms with van der Waals surface area (Å²) in [6, 6.07) is 5.61. The van der Waals surface area contributed by atoms with Crippen LogP contribution < -0.4 is 0 Å². The molecule has 0 aliphatic rings. The lowest BCUT2D eigenvalue weighted by Crippen LogP contribution is -2.04. The fourth-order valence-corrected chi connectivity index (χ4v) is 1.53. The first kappa shape index (κ1) is 10.7. The second-order valence-corrected chi connectivity index (χ2v) is 3.80. The van der Waals surface area contributed by atoms with Gasteiger partial charge in [-0.05, 0) is 24.6 Å². The molecule has 4 nitrogen and oxygen atoms in total. The molecule has 0 unspecified atom stereocenters. The Kier molecular flexibility index (Phi) is 2.88. The first-order chi connectivity index (χ1) is 7.70. The van der Waals surface area contributed by atoms with Crippen LogP contribution in [0.2, 0.25) is 5.02 Å². The van der Waals surface area contributed by atoms with Crippen molar-refractivity contribution in [1.82, 2.24) is 14.8 Å². The molecule has 0 spiro atoms. The Balaban J connectivity index is 2.27. The van der Waals surface area contributed by atoms with E-state index >= 15 is 0 Å². The van der Waals surface area contributed by atoms with E-state index in [0.29, 0.717) is 17.3 Å². The minimum atomic E-state index is 0.411. The van der Waals surface area contributed by atoms with Gasteiger partial charge in [0.2, 0.25) is 0 Å². The van der Waals surface area contributed by atoms with Crippen molar-refractivity contribution in [2.24, 2.45) is 0 Å². The molecule has 0 aliphatic heterocycles. The number of aromatic nitrogens is 3. The molecule has 0 bridgehead atoms. The molecule has 0 N–H and O–H groups in total. The van der Waals surface area contributed by atoms with Crippen LogP contribution in [0.15, 0.2) is 24.5 Å². The number of nitrogens with zero attached hydrogens (tertiary/aromatic N) is 4. The van der Waals surface area contributed by atoms with Crippen LogP contribution in [0, 0.1) is 18.3 Å². The summed E-state index contributed by atoms with van der Waals surface area (Å²) >= 11 is 5.91. The van der Waals surface area contributed by atoms with Crippen molar-refractivity contribution in [2.75, 3.05) is 0 Å². The first-order valence-corrected chi connectivity index (χ1v) is 5.11. The highest BCUT2D eigenvalue weighted by Crippen LogP contribution is 2.14. The van der Waals surface area contributed by atoms with Crippen molar-refractivity contribution < 1.29 is 0 Å². The fourth-order valence-electron chi connectivity index (χ4n) is 1.39. The number of rotatable bonds is 2. The van der Waals surface area contributed by atoms with Gasteiger partial charge in [-0.15, -0.1) is 0 Å². The van der Waals surface area contributed by atoms with Crippen molar-refractivity contribution in [1.29, 1.82) is 5.26 Å². The summed E-state index contributed by atoms with van der Waals surface area (Å²) in [5.41, 5.74) is 2.31. The molecule has 0 fully saturated rings. The van der Waals surface area contributed by atoms with Gasteiger partial charge < -0.3 is 0 Å². The zero-order chi connectivity index (χ0) is 11.5. The first-order valence-electron chi connectivity index (χ1n) is 4.73. The molecule has 2 rings (SSSR count). The largest absolute Gasteiger partial charge is 0.264 e. The summed E-state index contributed by atoms with van der Waals surface area (Å²) in [5.74, 6) is 0. The van der Waals surface area contributed by atoms with E-state index in [2.05, 4.69) is 10.1 Å². The molecule has 0 radical (unpaired) electrons. The van der Waals surface area contributed by atoms with Crippen molar-refractivity contribution in [3.63, 3.8) is 0 Å². The molecule has 80 valence electrons. The highest BCUT2D eigenvalue weighted by molar-refractivity contribution is 6.31. The normalized spacial score (nSPS) is 10.1. The minimum absolute atomic E-state index is 0.411. The molecular formula is C11H9ClN4. The van der Waals surface area contributed by atoms with E-state index in [1.165, 1.54) is 0 Å². The quantitative estimate of drug-likeness (QED) is 0.797. The number of hydrogen-bond acceptors (Lipinski definition) is 3. The van der Waals surface area contributed by atoms with Crippen molar-refractivity contribution >= 4 is 11.6 Å². The molecule has 0 saturated heterocycles. The third kappa shape index (κ3) is 2.05. The molecule has 0 aliphatic carbocycles. The maximum atomic E-state index is 8.73. The summed E-state index contributed by atoms with van der Waals surface area (Å²) < 4.78 is 1.79. The van der Waals surface area contributed by atoms with Crippen LogP contribution in [0.25, 0.3) is 0 Å². The Morgan fingerprint density at radius 2 is 2.38 bits per heavy atom. The predicted octanol–water partition coefficient (Wildman–Crippen LogP) is 2.16. The summed E-state index contributed by atoms with van der Waals surface area (Å²) in [7, 11) is 0. The average Bonchev–Trinajstić information content (AvgIpc) is 2.61. The molecular weight excluding hydrogens is 224 g/mol. The standard InChI is InChI=1S/C11H9ClN4/c1-8-11(12)6-15-16(8)7-9-2-3-14-10(4-9)5-13/h2-4,6H,7H2,1H3. The van der Waals surface area contributed by atoms with Gasteiger partial charge in [0.1, 0.15) is 11.8 Å². The second kappa shape index (κ2) is 4.33. The molecule has 2 heterocycles. The third-order valence-corrected chi connectivity index (χ3v) is 2.69. The monoisotopic (exact) mass is 232 g/mol. The zero-order valence-electron chi connectivity index (χ0n) is 8.68. The Labute approximate surface area is 98.1 Å². The van der Waals surface area contributed by atoms with Gasteiger partial charge in [0.05, 0.1) is 23.5 Å². The van der Waals surface area contributed by atoms with Crippen molar-refractivity contribution in [3.05, 3.63) is 46.5 Å². The van der Waals surface area contributed by atoms with E-state index in [4.69, 9.17) is 16.9 Å². The van der Waals surface area contributed by atoms with Crippen LogP contribution in [0.3, 0.4) is 0 Å². The van der Waals surface area contributed by atoms with Crippen LogP contribution >= 0.6 is 11.6 Å². The Bertz CT molecular complexity index is 553. The van der Waals surface area contributed by atoms with Gasteiger partial charge in [-0.25, -0.2) is 4.98 Å². The van der Waals surface area contributed by atoms with E-state index in [9.17, 15) is 0 Å². The summed E-state index contributed by atoms with van der Waals surface area (Å²) in [6.45, 7) is 2.50. The number of hydrogen-bond donors (Lipinski definition) is 0. The zero-order valence-corrected chi connectivity index (χ0v) is 9.44. The number of pyridine rings is 1. The SMILES string of the molecule is Cc1c(Cl)cnn1Cc1ccnc(C#N)c1. The lowest BCUT2D eigenvalue weighted by Gasteiger charge is -2.04. The minimum Gasteiger partial charge on any atom is -0.264 e. The van der Waals surface area contributed by atoms with Crippen LogP contribution in [0.5, 0.6) is 0 Å². The van der Waals surface area contributed by atoms with E-state index < -0.39 is 0 Å². The van der Waals surface area contributed by atoms with E-state index in [1.807, 2.05) is 19.1 Å². The number of halogens is 1. The molecule has 0 saturated carbocycles. The molecule has 0 aromatic carbocycles. The van der Waals surface area contributed by atoms with Crippen LogP contribution in [-0.4, -0.2) is 14.8 Å². The molecule has 2 aromatic rings. The van der Waals surface area contributed by atoms with Gasteiger partial charge in [-0.3, -0.25) is 4.68 Å². The average molecular weight is 233 g/mol. The fraction of sp³-hybridized carbons (Fsp3) is 0.182. The maximum absolute atomic E-state index is 8.73. The molecule has 16 heavy (non-hydrogen) atoms. The molecule has 0 atom stereocenters. The Morgan fingerprint density at radius 1 is 1.56 bits per heavy atom. The van der Waals surface area contributed by atoms with Gasteiger partial charge in [-0.2, -0.15) is 10.4 Å².